The summed E-state index contributed by atoms with van der Waals surface area (Å²) < 4.78 is 5.09. The van der Waals surface area contributed by atoms with Gasteiger partial charge in [-0.15, -0.1) is 0 Å². The molecule has 0 aliphatic heterocycles. The molecule has 0 fully saturated rings. The van der Waals surface area contributed by atoms with E-state index >= 15 is 0 Å². The van der Waals surface area contributed by atoms with Crippen molar-refractivity contribution < 1.29 is 18.8 Å². The Morgan fingerprint density at radius 3 is 2.17 bits per heavy atom. The van der Waals surface area contributed by atoms with Gasteiger partial charge in [-0.25, -0.2) is 0 Å². The van der Waals surface area contributed by atoms with Gasteiger partial charge in [0, 0.05) is 36.6 Å². The zero-order valence-corrected chi connectivity index (χ0v) is 16.4. The Balaban J connectivity index is 1.72. The van der Waals surface area contributed by atoms with E-state index in [9.17, 15) is 14.4 Å². The van der Waals surface area contributed by atoms with Crippen molar-refractivity contribution >= 4 is 29.1 Å². The summed E-state index contributed by atoms with van der Waals surface area (Å²) in [6.07, 6.45) is 1.42. The lowest BCUT2D eigenvalue weighted by molar-refractivity contribution is 0.0827. The SMILES string of the molecule is Cc1ccc(C(=O)Nc2ccc(C(=O)N(C)C)cc2)cc1NC(=O)c1ccco1. The summed E-state index contributed by atoms with van der Waals surface area (Å²) in [5, 5.41) is 5.53. The van der Waals surface area contributed by atoms with Crippen LogP contribution >= 0.6 is 0 Å². The van der Waals surface area contributed by atoms with Crippen molar-refractivity contribution in [2.24, 2.45) is 0 Å². The summed E-state index contributed by atoms with van der Waals surface area (Å²) >= 11 is 0. The first kappa shape index (κ1) is 19.9. The van der Waals surface area contributed by atoms with Crippen molar-refractivity contribution in [3.63, 3.8) is 0 Å². The minimum atomic E-state index is -0.392. The van der Waals surface area contributed by atoms with Crippen LogP contribution in [0.3, 0.4) is 0 Å². The Bertz CT molecular complexity index is 1040. The standard InChI is InChI=1S/C22H21N3O4/c1-14-6-7-16(13-18(14)24-21(27)19-5-4-12-29-19)20(26)23-17-10-8-15(9-11-17)22(28)25(2)3/h4-13H,1-3H3,(H,23,26)(H,24,27). The Morgan fingerprint density at radius 1 is 0.862 bits per heavy atom. The normalized spacial score (nSPS) is 10.3. The van der Waals surface area contributed by atoms with Crippen molar-refractivity contribution in [2.75, 3.05) is 24.7 Å². The van der Waals surface area contributed by atoms with E-state index in [2.05, 4.69) is 10.6 Å². The van der Waals surface area contributed by atoms with Gasteiger partial charge in [-0.1, -0.05) is 6.07 Å². The average molecular weight is 391 g/mol. The van der Waals surface area contributed by atoms with Gasteiger partial charge >= 0.3 is 0 Å². The highest BCUT2D eigenvalue weighted by Gasteiger charge is 2.14. The zero-order chi connectivity index (χ0) is 21.0. The van der Waals surface area contributed by atoms with Gasteiger partial charge in [-0.3, -0.25) is 14.4 Å². The molecule has 1 aromatic heterocycles. The number of anilines is 2. The minimum absolute atomic E-state index is 0.113. The second kappa shape index (κ2) is 8.43. The molecule has 0 saturated carbocycles. The van der Waals surface area contributed by atoms with Crippen LogP contribution in [0.15, 0.2) is 65.3 Å². The summed E-state index contributed by atoms with van der Waals surface area (Å²) in [4.78, 5) is 38.2. The number of hydrogen-bond donors (Lipinski definition) is 2. The average Bonchev–Trinajstić information content (AvgIpc) is 3.24. The molecule has 0 atom stereocenters. The number of carbonyl (C=O) groups is 3. The molecular weight excluding hydrogens is 370 g/mol. The van der Waals surface area contributed by atoms with Crippen LogP contribution in [0.5, 0.6) is 0 Å². The summed E-state index contributed by atoms with van der Waals surface area (Å²) in [6.45, 7) is 1.83. The fraction of sp³-hybridized carbons (Fsp3) is 0.136. The first-order valence-electron chi connectivity index (χ1n) is 8.93. The molecule has 1 heterocycles. The third kappa shape index (κ3) is 4.70. The molecule has 0 aliphatic carbocycles. The topological polar surface area (TPSA) is 91.7 Å². The van der Waals surface area contributed by atoms with Crippen LogP contribution in [-0.4, -0.2) is 36.7 Å². The van der Waals surface area contributed by atoms with E-state index in [1.807, 2.05) is 6.92 Å². The Labute approximate surface area is 168 Å². The highest BCUT2D eigenvalue weighted by atomic mass is 16.3. The first-order chi connectivity index (χ1) is 13.8. The number of benzene rings is 2. The van der Waals surface area contributed by atoms with Crippen molar-refractivity contribution in [1.29, 1.82) is 0 Å². The molecule has 3 rings (SSSR count). The number of carbonyl (C=O) groups excluding carboxylic acids is 3. The van der Waals surface area contributed by atoms with Crippen LogP contribution < -0.4 is 10.6 Å². The highest BCUT2D eigenvalue weighted by molar-refractivity contribution is 6.07. The predicted molar refractivity (Wildman–Crippen MR) is 110 cm³/mol. The van der Waals surface area contributed by atoms with E-state index in [0.717, 1.165) is 5.56 Å². The van der Waals surface area contributed by atoms with Crippen LogP contribution in [-0.2, 0) is 0 Å². The fourth-order valence-electron chi connectivity index (χ4n) is 2.65. The van der Waals surface area contributed by atoms with Gasteiger partial charge in [0.05, 0.1) is 6.26 Å². The molecule has 0 saturated heterocycles. The summed E-state index contributed by atoms with van der Waals surface area (Å²) in [5.74, 6) is -0.646. The molecule has 0 spiro atoms. The third-order valence-corrected chi connectivity index (χ3v) is 4.29. The van der Waals surface area contributed by atoms with E-state index < -0.39 is 5.91 Å². The van der Waals surface area contributed by atoms with E-state index in [1.165, 1.54) is 11.2 Å². The van der Waals surface area contributed by atoms with Gasteiger partial charge in [0.1, 0.15) is 0 Å². The zero-order valence-electron chi connectivity index (χ0n) is 16.4. The maximum Gasteiger partial charge on any atom is 0.291 e. The summed E-state index contributed by atoms with van der Waals surface area (Å²) in [7, 11) is 3.36. The smallest absolute Gasteiger partial charge is 0.291 e. The maximum absolute atomic E-state index is 12.6. The quantitative estimate of drug-likeness (QED) is 0.692. The van der Waals surface area contributed by atoms with Crippen molar-refractivity contribution in [3.8, 4) is 0 Å². The van der Waals surface area contributed by atoms with Crippen LogP contribution in [0.1, 0.15) is 36.8 Å². The molecule has 3 amide bonds. The lowest BCUT2D eigenvalue weighted by atomic mass is 10.1. The lowest BCUT2D eigenvalue weighted by Crippen LogP contribution is -2.21. The Kier molecular flexibility index (Phi) is 5.78. The van der Waals surface area contributed by atoms with E-state index in [1.54, 1.807) is 68.7 Å². The van der Waals surface area contributed by atoms with Crippen molar-refractivity contribution in [3.05, 3.63) is 83.3 Å². The fourth-order valence-corrected chi connectivity index (χ4v) is 2.65. The molecule has 2 N–H and O–H groups in total. The maximum atomic E-state index is 12.6. The molecule has 0 radical (unpaired) electrons. The Hall–Kier alpha value is -3.87. The van der Waals surface area contributed by atoms with Crippen molar-refractivity contribution in [1.82, 2.24) is 4.90 Å². The van der Waals surface area contributed by atoms with Crippen LogP contribution in [0, 0.1) is 6.92 Å². The molecule has 148 valence electrons. The third-order valence-electron chi connectivity index (χ3n) is 4.29. The number of aryl methyl sites for hydroxylation is 1. The van der Waals surface area contributed by atoms with Crippen LogP contribution in [0.2, 0.25) is 0 Å². The molecule has 0 aliphatic rings. The van der Waals surface area contributed by atoms with Gasteiger partial charge < -0.3 is 20.0 Å². The van der Waals surface area contributed by atoms with Gasteiger partial charge in [-0.05, 0) is 61.0 Å². The number of hydrogen-bond acceptors (Lipinski definition) is 4. The van der Waals surface area contributed by atoms with Gasteiger partial charge in [0.15, 0.2) is 5.76 Å². The van der Waals surface area contributed by atoms with Crippen molar-refractivity contribution in [2.45, 2.75) is 6.92 Å². The molecule has 7 nitrogen and oxygen atoms in total. The summed E-state index contributed by atoms with van der Waals surface area (Å²) in [5.41, 5.74) is 2.82. The molecule has 0 bridgehead atoms. The predicted octanol–water partition coefficient (Wildman–Crippen LogP) is 3.79. The van der Waals surface area contributed by atoms with Crippen LogP contribution in [0.4, 0.5) is 11.4 Å². The second-order valence-electron chi connectivity index (χ2n) is 6.69. The number of nitrogens with zero attached hydrogens (tertiary/aromatic N) is 1. The van der Waals surface area contributed by atoms with Gasteiger partial charge in [-0.2, -0.15) is 0 Å². The van der Waals surface area contributed by atoms with Gasteiger partial charge in [0.2, 0.25) is 0 Å². The second-order valence-corrected chi connectivity index (χ2v) is 6.69. The minimum Gasteiger partial charge on any atom is -0.459 e. The monoisotopic (exact) mass is 391 g/mol. The molecule has 2 aromatic carbocycles. The van der Waals surface area contributed by atoms with E-state index in [0.29, 0.717) is 22.5 Å². The Morgan fingerprint density at radius 2 is 1.55 bits per heavy atom. The first-order valence-corrected chi connectivity index (χ1v) is 8.93. The lowest BCUT2D eigenvalue weighted by Gasteiger charge is -2.12. The molecule has 7 heteroatoms. The largest absolute Gasteiger partial charge is 0.459 e. The van der Waals surface area contributed by atoms with Crippen LogP contribution in [0.25, 0.3) is 0 Å². The van der Waals surface area contributed by atoms with E-state index in [-0.39, 0.29) is 17.6 Å². The van der Waals surface area contributed by atoms with E-state index in [4.69, 9.17) is 4.42 Å². The highest BCUT2D eigenvalue weighted by Crippen LogP contribution is 2.20. The number of amides is 3. The molecular formula is C22H21N3O4. The van der Waals surface area contributed by atoms with Gasteiger partial charge in [0.25, 0.3) is 17.7 Å². The number of furan rings is 1. The molecule has 3 aromatic rings. The molecule has 29 heavy (non-hydrogen) atoms. The molecule has 0 unspecified atom stereocenters. The summed E-state index contributed by atoms with van der Waals surface area (Å²) in [6, 6.07) is 14.9. The number of nitrogens with one attached hydrogen (secondary N) is 2. The number of rotatable bonds is 5.